The summed E-state index contributed by atoms with van der Waals surface area (Å²) in [6.07, 6.45) is 3.28. The summed E-state index contributed by atoms with van der Waals surface area (Å²) in [5.74, 6) is 0.382. The van der Waals surface area contributed by atoms with Crippen LogP contribution in [0.2, 0.25) is 0 Å². The van der Waals surface area contributed by atoms with Crippen LogP contribution in [0.15, 0.2) is 12.4 Å². The largest absolute Gasteiger partial charge is 0.498 e. The highest BCUT2D eigenvalue weighted by atomic mass is 16.7. The molecule has 1 fully saturated rings. The highest BCUT2D eigenvalue weighted by molar-refractivity contribution is 6.61. The van der Waals surface area contributed by atoms with Crippen LogP contribution < -0.4 is 5.46 Å². The molecule has 5 nitrogen and oxygen atoms in total. The SMILES string of the molecule is CC.CC(C)(O)c1ncc(B2OC(C)(C)C(C)(C)O2)cn1. The van der Waals surface area contributed by atoms with E-state index in [0.717, 1.165) is 5.46 Å². The Morgan fingerprint density at radius 3 is 1.71 bits per heavy atom. The van der Waals surface area contributed by atoms with Gasteiger partial charge in [0.15, 0.2) is 5.82 Å². The molecule has 6 heteroatoms. The second-order valence-corrected chi connectivity index (χ2v) is 6.49. The van der Waals surface area contributed by atoms with Gasteiger partial charge in [-0.2, -0.15) is 0 Å². The van der Waals surface area contributed by atoms with Crippen molar-refractivity contribution >= 4 is 12.6 Å². The second-order valence-electron chi connectivity index (χ2n) is 6.49. The van der Waals surface area contributed by atoms with Crippen LogP contribution in [0, 0.1) is 0 Å². The zero-order valence-electron chi connectivity index (χ0n) is 14.4. The van der Waals surface area contributed by atoms with Crippen LogP contribution in [0.25, 0.3) is 0 Å². The standard InChI is InChI=1S/C13H21BN2O3.C2H6/c1-11(2,17)10-15-7-9(8-16-10)14-18-12(3,4)13(5,6)19-14;1-2/h7-8,17H,1-6H3;1-2H3. The summed E-state index contributed by atoms with van der Waals surface area (Å²) in [5, 5.41) is 9.82. The Labute approximate surface area is 128 Å². The Bertz CT molecular complexity index is 451. The molecule has 1 saturated heterocycles. The van der Waals surface area contributed by atoms with Crippen LogP contribution >= 0.6 is 0 Å². The van der Waals surface area contributed by atoms with E-state index in [0.29, 0.717) is 5.82 Å². The van der Waals surface area contributed by atoms with Crippen molar-refractivity contribution in [2.24, 2.45) is 0 Å². The van der Waals surface area contributed by atoms with Gasteiger partial charge in [-0.1, -0.05) is 13.8 Å². The molecule has 0 radical (unpaired) electrons. The van der Waals surface area contributed by atoms with Crippen LogP contribution in [0.4, 0.5) is 0 Å². The molecular weight excluding hydrogens is 267 g/mol. The van der Waals surface area contributed by atoms with Gasteiger partial charge in [0.25, 0.3) is 0 Å². The van der Waals surface area contributed by atoms with Gasteiger partial charge in [-0.05, 0) is 41.5 Å². The molecule has 0 aromatic carbocycles. The zero-order chi connectivity index (χ0) is 16.5. The predicted molar refractivity (Wildman–Crippen MR) is 84.3 cm³/mol. The molecule has 0 bridgehead atoms. The summed E-state index contributed by atoms with van der Waals surface area (Å²) >= 11 is 0. The van der Waals surface area contributed by atoms with Crippen LogP contribution in [0.1, 0.15) is 61.2 Å². The lowest BCUT2D eigenvalue weighted by Gasteiger charge is -2.32. The number of nitrogens with zero attached hydrogens (tertiary/aromatic N) is 2. The molecule has 0 aliphatic carbocycles. The van der Waals surface area contributed by atoms with Gasteiger partial charge in [0, 0.05) is 17.9 Å². The molecule has 0 spiro atoms. The predicted octanol–water partition coefficient (Wildman–Crippen LogP) is 2.03. The van der Waals surface area contributed by atoms with Crippen molar-refractivity contribution in [1.29, 1.82) is 0 Å². The molecular formula is C15H27BN2O3. The summed E-state index contributed by atoms with van der Waals surface area (Å²) in [6.45, 7) is 15.3. The van der Waals surface area contributed by atoms with Crippen molar-refractivity contribution in [1.82, 2.24) is 9.97 Å². The molecule has 1 aliphatic heterocycles. The number of rotatable bonds is 2. The van der Waals surface area contributed by atoms with E-state index in [-0.39, 0.29) is 11.2 Å². The molecule has 1 aliphatic rings. The van der Waals surface area contributed by atoms with E-state index in [4.69, 9.17) is 9.31 Å². The Balaban J connectivity index is 0.00000106. The first-order chi connectivity index (χ1) is 9.53. The molecule has 0 amide bonds. The maximum Gasteiger partial charge on any atom is 0.498 e. The topological polar surface area (TPSA) is 64.5 Å². The van der Waals surface area contributed by atoms with Gasteiger partial charge >= 0.3 is 7.12 Å². The maximum atomic E-state index is 9.82. The normalized spacial score (nSPS) is 20.0. The van der Waals surface area contributed by atoms with Crippen molar-refractivity contribution in [3.63, 3.8) is 0 Å². The Kier molecular flexibility index (Phi) is 5.19. The fourth-order valence-corrected chi connectivity index (χ4v) is 1.75. The van der Waals surface area contributed by atoms with Gasteiger partial charge in [-0.3, -0.25) is 0 Å². The molecule has 0 atom stereocenters. The molecule has 2 heterocycles. The fourth-order valence-electron chi connectivity index (χ4n) is 1.75. The van der Waals surface area contributed by atoms with Gasteiger partial charge in [0.1, 0.15) is 5.60 Å². The van der Waals surface area contributed by atoms with Crippen molar-refractivity contribution < 1.29 is 14.4 Å². The Morgan fingerprint density at radius 2 is 1.38 bits per heavy atom. The third-order valence-electron chi connectivity index (χ3n) is 3.74. The first-order valence-corrected chi connectivity index (χ1v) is 7.43. The summed E-state index contributed by atoms with van der Waals surface area (Å²) < 4.78 is 11.8. The van der Waals surface area contributed by atoms with Crippen molar-refractivity contribution in [2.75, 3.05) is 0 Å². The van der Waals surface area contributed by atoms with E-state index in [1.54, 1.807) is 26.2 Å². The first-order valence-electron chi connectivity index (χ1n) is 7.43. The lowest BCUT2D eigenvalue weighted by atomic mass is 9.81. The minimum Gasteiger partial charge on any atom is -0.399 e. The van der Waals surface area contributed by atoms with E-state index in [1.165, 1.54) is 0 Å². The average molecular weight is 294 g/mol. The number of aromatic nitrogens is 2. The molecule has 1 N–H and O–H groups in total. The molecule has 1 aromatic heterocycles. The number of hydrogen-bond donors (Lipinski definition) is 1. The summed E-state index contributed by atoms with van der Waals surface area (Å²) in [7, 11) is -0.471. The smallest absolute Gasteiger partial charge is 0.399 e. The van der Waals surface area contributed by atoms with E-state index >= 15 is 0 Å². The van der Waals surface area contributed by atoms with Gasteiger partial charge < -0.3 is 14.4 Å². The molecule has 118 valence electrons. The fraction of sp³-hybridized carbons (Fsp3) is 0.733. The van der Waals surface area contributed by atoms with Crippen LogP contribution in [-0.4, -0.2) is 33.4 Å². The minimum absolute atomic E-state index is 0.382. The molecule has 0 saturated carbocycles. The number of aliphatic hydroxyl groups is 1. The van der Waals surface area contributed by atoms with Crippen LogP contribution in [-0.2, 0) is 14.9 Å². The van der Waals surface area contributed by atoms with Gasteiger partial charge in [-0.25, -0.2) is 9.97 Å². The lowest BCUT2D eigenvalue weighted by molar-refractivity contribution is 0.00578. The highest BCUT2D eigenvalue weighted by Gasteiger charge is 2.52. The van der Waals surface area contributed by atoms with Crippen LogP contribution in [0.3, 0.4) is 0 Å². The Hall–Kier alpha value is -0.975. The van der Waals surface area contributed by atoms with Crippen molar-refractivity contribution in [3.8, 4) is 0 Å². The monoisotopic (exact) mass is 294 g/mol. The summed E-state index contributed by atoms with van der Waals surface area (Å²) in [4.78, 5) is 8.34. The van der Waals surface area contributed by atoms with E-state index in [1.807, 2.05) is 41.5 Å². The molecule has 0 unspecified atom stereocenters. The van der Waals surface area contributed by atoms with E-state index in [9.17, 15) is 5.11 Å². The molecule has 2 rings (SSSR count). The van der Waals surface area contributed by atoms with Crippen molar-refractivity contribution in [2.45, 2.75) is 72.2 Å². The molecule has 21 heavy (non-hydrogen) atoms. The van der Waals surface area contributed by atoms with E-state index < -0.39 is 12.7 Å². The number of hydrogen-bond acceptors (Lipinski definition) is 5. The van der Waals surface area contributed by atoms with Crippen LogP contribution in [0.5, 0.6) is 0 Å². The summed E-state index contributed by atoms with van der Waals surface area (Å²) in [6, 6.07) is 0. The summed E-state index contributed by atoms with van der Waals surface area (Å²) in [5.41, 5.74) is -1.06. The maximum absolute atomic E-state index is 9.82. The third-order valence-corrected chi connectivity index (χ3v) is 3.74. The zero-order valence-corrected chi connectivity index (χ0v) is 14.4. The van der Waals surface area contributed by atoms with Gasteiger partial charge in [0.05, 0.1) is 11.2 Å². The van der Waals surface area contributed by atoms with E-state index in [2.05, 4.69) is 9.97 Å². The minimum atomic E-state index is -1.05. The van der Waals surface area contributed by atoms with Gasteiger partial charge in [-0.15, -0.1) is 0 Å². The quantitative estimate of drug-likeness (QED) is 0.845. The Morgan fingerprint density at radius 1 is 1.00 bits per heavy atom. The highest BCUT2D eigenvalue weighted by Crippen LogP contribution is 2.36. The van der Waals surface area contributed by atoms with Crippen molar-refractivity contribution in [3.05, 3.63) is 18.2 Å². The second kappa shape index (κ2) is 6.03. The first kappa shape index (κ1) is 18.1. The average Bonchev–Trinajstić information content (AvgIpc) is 2.60. The molecule has 1 aromatic rings. The van der Waals surface area contributed by atoms with Gasteiger partial charge in [0.2, 0.25) is 0 Å². The lowest BCUT2D eigenvalue weighted by Crippen LogP contribution is -2.41. The third kappa shape index (κ3) is 3.81.